The average molecular weight is 295 g/mol. The molecule has 2 rings (SSSR count). The van der Waals surface area contributed by atoms with Crippen LogP contribution >= 0.6 is 11.6 Å². The lowest BCUT2D eigenvalue weighted by molar-refractivity contribution is 0.0690. The van der Waals surface area contributed by atoms with E-state index in [0.717, 1.165) is 0 Å². The third kappa shape index (κ3) is 2.65. The normalized spacial score (nSPS) is 10.2. The second-order valence-electron chi connectivity index (χ2n) is 3.75. The van der Waals surface area contributed by atoms with E-state index in [4.69, 9.17) is 26.2 Å². The average Bonchev–Trinajstić information content (AvgIpc) is 2.45. The summed E-state index contributed by atoms with van der Waals surface area (Å²) in [6, 6.07) is 6.31. The fourth-order valence-corrected chi connectivity index (χ4v) is 1.89. The van der Waals surface area contributed by atoms with Crippen molar-refractivity contribution in [1.82, 2.24) is 9.97 Å². The van der Waals surface area contributed by atoms with Crippen LogP contribution in [0, 0.1) is 0 Å². The number of carboxylic acids is 1. The zero-order valence-electron chi connectivity index (χ0n) is 10.8. The number of nitrogens with zero attached hydrogens (tertiary/aromatic N) is 2. The number of methoxy groups -OCH3 is 2. The Bertz CT molecular complexity index is 661. The van der Waals surface area contributed by atoms with Gasteiger partial charge in [-0.15, -0.1) is 0 Å². The van der Waals surface area contributed by atoms with Gasteiger partial charge in [0.05, 0.1) is 19.8 Å². The molecule has 1 aromatic carbocycles. The summed E-state index contributed by atoms with van der Waals surface area (Å²) in [6.45, 7) is 0. The SMILES string of the molecule is COc1cccc(-c2nc(Cl)cc(C(=O)O)n2)c1OC. The van der Waals surface area contributed by atoms with E-state index in [1.807, 2.05) is 0 Å². The molecular formula is C13H11ClN2O4. The van der Waals surface area contributed by atoms with Crippen molar-refractivity contribution >= 4 is 17.6 Å². The highest BCUT2D eigenvalue weighted by molar-refractivity contribution is 6.29. The van der Waals surface area contributed by atoms with E-state index < -0.39 is 5.97 Å². The lowest BCUT2D eigenvalue weighted by atomic mass is 10.1. The van der Waals surface area contributed by atoms with Gasteiger partial charge in [-0.05, 0) is 12.1 Å². The molecule has 0 aliphatic heterocycles. The van der Waals surface area contributed by atoms with Crippen LogP contribution < -0.4 is 9.47 Å². The number of para-hydroxylation sites is 1. The fourth-order valence-electron chi connectivity index (χ4n) is 1.71. The maximum absolute atomic E-state index is 11.0. The third-order valence-corrected chi connectivity index (χ3v) is 2.75. The summed E-state index contributed by atoms with van der Waals surface area (Å²) < 4.78 is 10.4. The molecular weight excluding hydrogens is 284 g/mol. The monoisotopic (exact) mass is 294 g/mol. The van der Waals surface area contributed by atoms with Gasteiger partial charge in [0, 0.05) is 6.07 Å². The van der Waals surface area contributed by atoms with Crippen molar-refractivity contribution in [3.63, 3.8) is 0 Å². The molecule has 0 saturated carbocycles. The lowest BCUT2D eigenvalue weighted by Crippen LogP contribution is -2.04. The summed E-state index contributed by atoms with van der Waals surface area (Å²) in [5, 5.41) is 9.04. The highest BCUT2D eigenvalue weighted by Gasteiger charge is 2.16. The first-order chi connectivity index (χ1) is 9.56. The molecule has 0 spiro atoms. The summed E-state index contributed by atoms with van der Waals surface area (Å²) in [7, 11) is 2.98. The molecule has 0 fully saturated rings. The van der Waals surface area contributed by atoms with Gasteiger partial charge in [0.2, 0.25) is 0 Å². The van der Waals surface area contributed by atoms with Gasteiger partial charge in [-0.25, -0.2) is 14.8 Å². The fraction of sp³-hybridized carbons (Fsp3) is 0.154. The van der Waals surface area contributed by atoms with E-state index in [1.165, 1.54) is 20.3 Å². The Morgan fingerprint density at radius 3 is 2.60 bits per heavy atom. The van der Waals surface area contributed by atoms with E-state index in [0.29, 0.717) is 17.1 Å². The predicted octanol–water partition coefficient (Wildman–Crippen LogP) is 2.51. The van der Waals surface area contributed by atoms with E-state index in [9.17, 15) is 4.79 Å². The number of aromatic nitrogens is 2. The summed E-state index contributed by atoms with van der Waals surface area (Å²) in [5.74, 6) is -0.123. The number of ether oxygens (including phenoxy) is 2. The topological polar surface area (TPSA) is 81.5 Å². The van der Waals surface area contributed by atoms with Crippen LogP contribution in [0.3, 0.4) is 0 Å². The summed E-state index contributed by atoms with van der Waals surface area (Å²) in [6.07, 6.45) is 0. The first kappa shape index (κ1) is 14.1. The van der Waals surface area contributed by atoms with Crippen LogP contribution in [0.4, 0.5) is 0 Å². The van der Waals surface area contributed by atoms with Gasteiger partial charge < -0.3 is 14.6 Å². The van der Waals surface area contributed by atoms with Crippen LogP contribution in [0.25, 0.3) is 11.4 Å². The Kier molecular flexibility index (Phi) is 4.05. The van der Waals surface area contributed by atoms with Crippen LogP contribution in [0.1, 0.15) is 10.5 Å². The van der Waals surface area contributed by atoms with Crippen molar-refractivity contribution in [2.75, 3.05) is 14.2 Å². The molecule has 1 aromatic heterocycles. The van der Waals surface area contributed by atoms with Gasteiger partial charge in [-0.3, -0.25) is 0 Å². The van der Waals surface area contributed by atoms with E-state index in [2.05, 4.69) is 9.97 Å². The lowest BCUT2D eigenvalue weighted by Gasteiger charge is -2.11. The maximum atomic E-state index is 11.0. The van der Waals surface area contributed by atoms with Crippen molar-refractivity contribution in [2.45, 2.75) is 0 Å². The second-order valence-corrected chi connectivity index (χ2v) is 4.13. The van der Waals surface area contributed by atoms with Gasteiger partial charge in [-0.1, -0.05) is 17.7 Å². The number of aromatic carboxylic acids is 1. The van der Waals surface area contributed by atoms with Gasteiger partial charge in [0.25, 0.3) is 0 Å². The molecule has 7 heteroatoms. The number of benzene rings is 1. The summed E-state index contributed by atoms with van der Waals surface area (Å²) >= 11 is 5.83. The Labute approximate surface area is 120 Å². The van der Waals surface area contributed by atoms with Crippen molar-refractivity contribution in [1.29, 1.82) is 0 Å². The molecule has 1 heterocycles. The molecule has 0 radical (unpaired) electrons. The number of hydrogen-bond donors (Lipinski definition) is 1. The molecule has 0 bridgehead atoms. The number of carbonyl (C=O) groups is 1. The number of rotatable bonds is 4. The summed E-state index contributed by atoms with van der Waals surface area (Å²) in [5.41, 5.74) is 0.307. The number of hydrogen-bond acceptors (Lipinski definition) is 5. The second kappa shape index (κ2) is 5.75. The molecule has 6 nitrogen and oxygen atoms in total. The van der Waals surface area contributed by atoms with Crippen LogP contribution in [0.2, 0.25) is 5.15 Å². The zero-order valence-corrected chi connectivity index (χ0v) is 11.5. The van der Waals surface area contributed by atoms with E-state index in [-0.39, 0.29) is 16.7 Å². The molecule has 0 amide bonds. The molecule has 0 unspecified atom stereocenters. The van der Waals surface area contributed by atoms with Crippen LogP contribution in [-0.4, -0.2) is 35.3 Å². The standard InChI is InChI=1S/C13H11ClN2O4/c1-19-9-5-3-4-7(11(9)20-2)12-15-8(13(17)18)6-10(14)16-12/h3-6H,1-2H3,(H,17,18). The van der Waals surface area contributed by atoms with Crippen molar-refractivity contribution in [2.24, 2.45) is 0 Å². The Hall–Kier alpha value is -2.34. The molecule has 0 saturated heterocycles. The minimum Gasteiger partial charge on any atom is -0.493 e. The molecule has 0 aliphatic rings. The molecule has 2 aromatic rings. The smallest absolute Gasteiger partial charge is 0.354 e. The van der Waals surface area contributed by atoms with Gasteiger partial charge in [0.15, 0.2) is 23.0 Å². The Morgan fingerprint density at radius 2 is 2.00 bits per heavy atom. The largest absolute Gasteiger partial charge is 0.493 e. The highest BCUT2D eigenvalue weighted by atomic mass is 35.5. The quantitative estimate of drug-likeness (QED) is 0.873. The van der Waals surface area contributed by atoms with Crippen LogP contribution in [0.15, 0.2) is 24.3 Å². The van der Waals surface area contributed by atoms with Crippen LogP contribution in [0.5, 0.6) is 11.5 Å². The molecule has 20 heavy (non-hydrogen) atoms. The first-order valence-electron chi connectivity index (χ1n) is 5.56. The first-order valence-corrected chi connectivity index (χ1v) is 5.94. The van der Waals surface area contributed by atoms with Gasteiger partial charge >= 0.3 is 5.97 Å². The minimum absolute atomic E-state index is 0.0391. The van der Waals surface area contributed by atoms with E-state index in [1.54, 1.807) is 18.2 Å². The number of carboxylic acid groups (broad SMARTS) is 1. The minimum atomic E-state index is -1.18. The molecule has 0 aliphatic carbocycles. The molecule has 1 N–H and O–H groups in total. The van der Waals surface area contributed by atoms with Gasteiger partial charge in [-0.2, -0.15) is 0 Å². The summed E-state index contributed by atoms with van der Waals surface area (Å²) in [4.78, 5) is 19.0. The number of halogens is 1. The zero-order chi connectivity index (χ0) is 14.7. The highest BCUT2D eigenvalue weighted by Crippen LogP contribution is 2.36. The molecule has 0 atom stereocenters. The van der Waals surface area contributed by atoms with E-state index >= 15 is 0 Å². The van der Waals surface area contributed by atoms with Crippen molar-refractivity contribution in [3.05, 3.63) is 35.1 Å². The van der Waals surface area contributed by atoms with Crippen molar-refractivity contribution in [3.8, 4) is 22.9 Å². The third-order valence-electron chi connectivity index (χ3n) is 2.56. The Balaban J connectivity index is 2.65. The predicted molar refractivity (Wildman–Crippen MR) is 72.5 cm³/mol. The van der Waals surface area contributed by atoms with Crippen molar-refractivity contribution < 1.29 is 19.4 Å². The molecule has 104 valence electrons. The Morgan fingerprint density at radius 1 is 1.25 bits per heavy atom. The van der Waals surface area contributed by atoms with Crippen LogP contribution in [-0.2, 0) is 0 Å². The maximum Gasteiger partial charge on any atom is 0.354 e. The van der Waals surface area contributed by atoms with Gasteiger partial charge in [0.1, 0.15) is 5.15 Å².